The molecule has 0 saturated carbocycles. The molecular formula is C14H20N2O4S2. The first-order valence-corrected chi connectivity index (χ1v) is 8.98. The van der Waals surface area contributed by atoms with Crippen molar-refractivity contribution in [3.8, 4) is 0 Å². The maximum absolute atomic E-state index is 11.6. The summed E-state index contributed by atoms with van der Waals surface area (Å²) < 4.78 is 23.5. The van der Waals surface area contributed by atoms with Crippen LogP contribution in [0.5, 0.6) is 0 Å². The van der Waals surface area contributed by atoms with Crippen LogP contribution in [0.1, 0.15) is 13.1 Å². The highest BCUT2D eigenvalue weighted by atomic mass is 33.1. The summed E-state index contributed by atoms with van der Waals surface area (Å²) in [5, 5.41) is 5.10. The van der Waals surface area contributed by atoms with Gasteiger partial charge >= 0.3 is 6.09 Å². The van der Waals surface area contributed by atoms with E-state index in [1.165, 1.54) is 21.6 Å². The van der Waals surface area contributed by atoms with Crippen LogP contribution in [0, 0.1) is 0 Å². The molecule has 22 heavy (non-hydrogen) atoms. The van der Waals surface area contributed by atoms with Crippen LogP contribution in [-0.4, -0.2) is 50.8 Å². The van der Waals surface area contributed by atoms with E-state index in [-0.39, 0.29) is 12.5 Å². The number of carbonyl (C=O) groups excluding carboxylic acids is 2. The van der Waals surface area contributed by atoms with E-state index in [2.05, 4.69) is 10.6 Å². The van der Waals surface area contributed by atoms with E-state index < -0.39 is 13.2 Å². The van der Waals surface area contributed by atoms with Crippen LogP contribution >= 0.6 is 21.6 Å². The monoisotopic (exact) mass is 347 g/mol. The molecule has 1 aromatic rings. The van der Waals surface area contributed by atoms with Crippen LogP contribution in [0.25, 0.3) is 0 Å². The Labute approximate surface area is 140 Å². The molecule has 0 saturated heterocycles. The van der Waals surface area contributed by atoms with Gasteiger partial charge in [0.05, 0.1) is 9.35 Å². The Morgan fingerprint density at radius 1 is 1.27 bits per heavy atom. The lowest BCUT2D eigenvalue weighted by atomic mass is 10.2. The van der Waals surface area contributed by atoms with Gasteiger partial charge in [0, 0.05) is 36.9 Å². The lowest BCUT2D eigenvalue weighted by molar-refractivity contribution is 0.0963. The molecule has 1 rings (SSSR count). The van der Waals surface area contributed by atoms with Gasteiger partial charge in [0.1, 0.15) is 6.61 Å². The fourth-order valence-corrected chi connectivity index (χ4v) is 3.04. The maximum atomic E-state index is 11.6. The first kappa shape index (κ1) is 15.5. The molecule has 0 bridgehead atoms. The predicted molar refractivity (Wildman–Crippen MR) is 91.6 cm³/mol. The topological polar surface area (TPSA) is 76.7 Å². The Bertz CT molecular complexity index is 518. The fraction of sp³-hybridized carbons (Fsp3) is 0.429. The Morgan fingerprint density at radius 2 is 1.95 bits per heavy atom. The zero-order chi connectivity index (χ0) is 17.8. The van der Waals surface area contributed by atoms with E-state index in [0.717, 1.165) is 0 Å². The molecule has 8 heteroatoms. The van der Waals surface area contributed by atoms with Gasteiger partial charge in [0.2, 0.25) is 0 Å². The van der Waals surface area contributed by atoms with Crippen molar-refractivity contribution in [1.82, 2.24) is 5.32 Å². The SMILES string of the molecule is [2H]C([3H])OCCSSCCOC(=O)Nc1ccc(C(=O)NC)cc1. The summed E-state index contributed by atoms with van der Waals surface area (Å²) in [6.45, 7) is 0.614. The zero-order valence-corrected chi connectivity index (χ0v) is 13.8. The lowest BCUT2D eigenvalue weighted by Gasteiger charge is -2.07. The van der Waals surface area contributed by atoms with Crippen LogP contribution in [-0.2, 0) is 9.47 Å². The van der Waals surface area contributed by atoms with E-state index in [1.54, 1.807) is 31.3 Å². The average Bonchev–Trinajstić information content (AvgIpc) is 2.57. The third-order valence-corrected chi connectivity index (χ3v) is 4.72. The minimum atomic E-state index is -1.24. The van der Waals surface area contributed by atoms with Crippen molar-refractivity contribution in [1.29, 1.82) is 0 Å². The molecule has 2 N–H and O–H groups in total. The van der Waals surface area contributed by atoms with Gasteiger partial charge < -0.3 is 14.8 Å². The molecule has 0 heterocycles. The molecule has 0 aromatic heterocycles. The number of hydrogen-bond acceptors (Lipinski definition) is 6. The molecule has 1 unspecified atom stereocenters. The highest BCUT2D eigenvalue weighted by Crippen LogP contribution is 2.20. The first-order chi connectivity index (χ1) is 11.5. The summed E-state index contributed by atoms with van der Waals surface area (Å²) in [5.74, 6) is 1.10. The summed E-state index contributed by atoms with van der Waals surface area (Å²) in [5.41, 5.74) is 1.06. The molecule has 2 amide bonds. The van der Waals surface area contributed by atoms with Gasteiger partial charge in [-0.25, -0.2) is 4.79 Å². The molecule has 0 aliphatic heterocycles. The maximum Gasteiger partial charge on any atom is 0.411 e. The van der Waals surface area contributed by atoms with Gasteiger partial charge in [-0.1, -0.05) is 21.6 Å². The van der Waals surface area contributed by atoms with E-state index in [1.807, 2.05) is 0 Å². The van der Waals surface area contributed by atoms with Crippen LogP contribution in [0.3, 0.4) is 0 Å². The van der Waals surface area contributed by atoms with Gasteiger partial charge in [-0.05, 0) is 24.3 Å². The molecule has 122 valence electrons. The van der Waals surface area contributed by atoms with E-state index in [0.29, 0.717) is 29.4 Å². The summed E-state index contributed by atoms with van der Waals surface area (Å²) in [4.78, 5) is 23.0. The highest BCUT2D eigenvalue weighted by molar-refractivity contribution is 8.76. The first-order valence-electron chi connectivity index (χ1n) is 7.65. The van der Waals surface area contributed by atoms with E-state index in [4.69, 9.17) is 12.2 Å². The Kier molecular flexibility index (Phi) is 7.91. The molecule has 0 spiro atoms. The van der Waals surface area contributed by atoms with E-state index >= 15 is 0 Å². The molecule has 1 atom stereocenters. The fourth-order valence-electron chi connectivity index (χ4n) is 1.37. The number of nitrogens with one attached hydrogen (secondary N) is 2. The van der Waals surface area contributed by atoms with Crippen LogP contribution < -0.4 is 10.6 Å². The summed E-state index contributed by atoms with van der Waals surface area (Å²) in [6.07, 6.45) is -0.553. The van der Waals surface area contributed by atoms with Crippen molar-refractivity contribution in [2.24, 2.45) is 0 Å². The normalized spacial score (nSPS) is 12.8. The summed E-state index contributed by atoms with van der Waals surface area (Å²) in [7, 11) is 3.37. The Morgan fingerprint density at radius 3 is 2.59 bits per heavy atom. The summed E-state index contributed by atoms with van der Waals surface area (Å²) in [6, 6.07) is 6.48. The number of anilines is 1. The summed E-state index contributed by atoms with van der Waals surface area (Å²) >= 11 is 0. The molecule has 0 aliphatic rings. The third-order valence-electron chi connectivity index (χ3n) is 2.39. The smallest absolute Gasteiger partial charge is 0.411 e. The minimum Gasteiger partial charge on any atom is -0.448 e. The number of methoxy groups -OCH3 is 1. The molecule has 6 nitrogen and oxygen atoms in total. The van der Waals surface area contributed by atoms with Gasteiger partial charge in [-0.2, -0.15) is 0 Å². The standard InChI is InChI=1S/C14H20N2O4S2/c1-15-13(17)11-3-5-12(6-4-11)16-14(18)20-8-10-22-21-9-7-19-2/h3-6H,7-10H2,1-2H3,(H,15,17)(H,16,18)/i2TD. The average molecular weight is 347 g/mol. The van der Waals surface area contributed by atoms with Crippen molar-refractivity contribution < 1.29 is 21.8 Å². The number of carbonyl (C=O) groups is 2. The second kappa shape index (κ2) is 11.2. The van der Waals surface area contributed by atoms with Crippen molar-refractivity contribution in [2.75, 3.05) is 44.1 Å². The third kappa shape index (κ3) is 7.58. The van der Waals surface area contributed by atoms with E-state index in [9.17, 15) is 9.59 Å². The second-order valence-electron chi connectivity index (χ2n) is 3.93. The van der Waals surface area contributed by atoms with Crippen LogP contribution in [0.15, 0.2) is 24.3 Å². The largest absolute Gasteiger partial charge is 0.448 e. The van der Waals surface area contributed by atoms with Crippen molar-refractivity contribution >= 4 is 39.3 Å². The Balaban J connectivity index is 2.12. The van der Waals surface area contributed by atoms with Crippen LogP contribution in [0.4, 0.5) is 10.5 Å². The predicted octanol–water partition coefficient (Wildman–Crippen LogP) is 2.62. The van der Waals surface area contributed by atoms with Gasteiger partial charge in [0.25, 0.3) is 5.91 Å². The molecule has 0 radical (unpaired) electrons. The number of benzene rings is 1. The quantitative estimate of drug-likeness (QED) is 0.528. The zero-order valence-electron chi connectivity index (χ0n) is 14.2. The highest BCUT2D eigenvalue weighted by Gasteiger charge is 2.05. The molecular weight excluding hydrogens is 324 g/mol. The van der Waals surface area contributed by atoms with Gasteiger partial charge in [-0.3, -0.25) is 10.1 Å². The molecule has 1 aromatic carbocycles. The van der Waals surface area contributed by atoms with Crippen molar-refractivity contribution in [2.45, 2.75) is 0 Å². The van der Waals surface area contributed by atoms with Crippen LogP contribution in [0.2, 0.25) is 0 Å². The lowest BCUT2D eigenvalue weighted by Crippen LogP contribution is -2.18. The number of hydrogen-bond donors (Lipinski definition) is 2. The molecule has 0 fully saturated rings. The number of amides is 2. The van der Waals surface area contributed by atoms with Crippen molar-refractivity contribution in [3.63, 3.8) is 0 Å². The Hall–Kier alpha value is -1.38. The second-order valence-corrected chi connectivity index (χ2v) is 6.63. The number of rotatable bonds is 9. The van der Waals surface area contributed by atoms with Gasteiger partial charge in [0.15, 0.2) is 0 Å². The number of ether oxygens (including phenoxy) is 2. The van der Waals surface area contributed by atoms with Crippen molar-refractivity contribution in [3.05, 3.63) is 29.8 Å². The minimum absolute atomic E-state index is 0.190. The van der Waals surface area contributed by atoms with Gasteiger partial charge in [-0.15, -0.1) is 0 Å². The molecule has 0 aliphatic carbocycles.